The summed E-state index contributed by atoms with van der Waals surface area (Å²) in [7, 11) is 0.965. The number of aromatic amines is 1. The molecule has 29 nitrogen and oxygen atoms in total. The van der Waals surface area contributed by atoms with Crippen molar-refractivity contribution in [1.82, 2.24) is 43.2 Å². The van der Waals surface area contributed by atoms with Crippen molar-refractivity contribution in [3.05, 3.63) is 207 Å². The topological polar surface area (TPSA) is 317 Å². The van der Waals surface area contributed by atoms with Crippen LogP contribution in [0.3, 0.4) is 0 Å². The highest BCUT2D eigenvalue weighted by atomic mass is 127. The molecule has 9 unspecified atom stereocenters. The number of carboxylic acid groups (broad SMARTS) is 1. The Kier molecular flexibility index (Phi) is 36.8. The number of carbonyl (C=O) groups is 6. The molecule has 9 atom stereocenters. The summed E-state index contributed by atoms with van der Waals surface area (Å²) >= 11 is 4.28. The molecule has 0 amide bonds. The number of esters is 4. The first-order valence-corrected chi connectivity index (χ1v) is 64.6. The third-order valence-electron chi connectivity index (χ3n) is 26.4. The monoisotopic (exact) mass is 2160 g/mol. The number of aliphatic hydroxyl groups is 1. The lowest BCUT2D eigenvalue weighted by Gasteiger charge is -2.21. The van der Waals surface area contributed by atoms with E-state index in [0.717, 1.165) is 219 Å². The minimum atomic E-state index is -1.19. The number of halogens is 2. The minimum Gasteiger partial charge on any atom is -0.477 e. The fourth-order valence-electron chi connectivity index (χ4n) is 17.4. The number of carboxylic acids is 1. The maximum absolute atomic E-state index is 12.3. The molecule has 17 rings (SSSR count). The summed E-state index contributed by atoms with van der Waals surface area (Å²) in [6.07, 6.45) is 16.2. The number of fused-ring (bicyclic) bond motifs is 4. The second kappa shape index (κ2) is 47.1. The number of nitrogens with one attached hydrogen (secondary N) is 1. The second-order valence-electron chi connectivity index (χ2n) is 42.5. The maximum atomic E-state index is 12.3. The summed E-state index contributed by atoms with van der Waals surface area (Å²) in [5.41, 5.74) is 12.3. The van der Waals surface area contributed by atoms with Gasteiger partial charge in [0.25, 0.3) is 0 Å². The molecule has 35 heteroatoms. The molecule has 9 aromatic heterocycles. The van der Waals surface area contributed by atoms with Gasteiger partial charge in [0.2, 0.25) is 0 Å². The quantitative estimate of drug-likeness (QED) is 0.00820. The van der Waals surface area contributed by atoms with Crippen molar-refractivity contribution in [2.45, 2.75) is 202 Å². The van der Waals surface area contributed by atoms with Crippen molar-refractivity contribution in [2.24, 2.45) is 47.3 Å². The molecular weight excluding hydrogens is 2020 g/mol. The molecule has 4 aliphatic heterocycles. The van der Waals surface area contributed by atoms with E-state index in [1.807, 2.05) is 74.3 Å². The Balaban J connectivity index is 0.000000152. The Morgan fingerprint density at radius 1 is 0.419 bits per heavy atom. The molecule has 3 N–H and O–H groups in total. The first-order valence-electron chi connectivity index (χ1n) is 47.6. The average Bonchev–Trinajstić information content (AvgIpc) is 1.63. The number of aromatic nitrogens is 9. The Labute approximate surface area is 833 Å². The molecule has 0 spiro atoms. The molecule has 4 saturated carbocycles. The average molecular weight is 2160 g/mol. The minimum absolute atomic E-state index is 0.245. The lowest BCUT2D eigenvalue weighted by Crippen LogP contribution is -2.23. The van der Waals surface area contributed by atoms with Gasteiger partial charge in [-0.3, -0.25) is 4.79 Å². The highest BCUT2D eigenvalue weighted by Crippen LogP contribution is 2.49. The van der Waals surface area contributed by atoms with E-state index in [-0.39, 0.29) is 37.1 Å². The number of hydrogen-bond donors (Lipinski definition) is 3. The van der Waals surface area contributed by atoms with Crippen LogP contribution in [0.2, 0.25) is 103 Å². The number of methoxy groups -OCH3 is 4. The van der Waals surface area contributed by atoms with Gasteiger partial charge in [0, 0.05) is 196 Å². The van der Waals surface area contributed by atoms with Crippen molar-refractivity contribution in [1.29, 1.82) is 0 Å². The molecule has 0 bridgehead atoms. The van der Waals surface area contributed by atoms with Crippen molar-refractivity contribution >= 4 is 137 Å². The molecule has 136 heavy (non-hydrogen) atoms. The van der Waals surface area contributed by atoms with Gasteiger partial charge in [-0.1, -0.05) is 96.8 Å². The number of nitrogens with zero attached hydrogens (tertiary/aromatic N) is 12. The molecule has 4 saturated heterocycles. The largest absolute Gasteiger partial charge is 0.477 e. The van der Waals surface area contributed by atoms with E-state index < -0.39 is 50.3 Å². The predicted molar refractivity (Wildman–Crippen MR) is 559 cm³/mol. The number of hydrogen-bond acceptors (Lipinski definition) is 23. The first-order chi connectivity index (χ1) is 64.4. The van der Waals surface area contributed by atoms with Gasteiger partial charge in [-0.05, 0) is 253 Å². The standard InChI is InChI=1S/C24H35N3O4Si.C24H35N3O3Si.C23H33N3O3Si.C12H20INO3Si.C12H14N2O.C6H6INO2/c1-16-20(6-7-22(25-16)26-12-17-10-18(17)13-26)23(28)19-11-21(24(29)30-2)27(14-19)15-31-8-9-32(3,4)5;1-17-19(6-7-23(25-17)26-14-20-12-21(20)15-26)10-18-11-22(24(28)29-2)27(13-18)16-30-8-9-31(3,4)5;1-16-18(5-6-22(24-16)25-13-19-11-20(19)14-25)9-17-10-21(23(27)28)26(12-17)15-29-7-8-30(2,3)4;1-16-12(15)11-7-10(13)8-14(11)9-17-5-6-18(2,3)4;1-8-9(7-15)2-3-12(13-8)14-5-10-4-11(10)6-14;1-10-6(9)5-2-4(7)3-8-5/h6-7,11,14,17-18,23,28H,8-10,12-13,15H2,1-5H3;6-7,11,13,20-21H,8-10,12,14-16H2,1-5H3;5-6,10,12,19-20H,7-9,11,13-15H2,1-4H3,(H,27,28);7-8H,5-6,9H2,1-4H3;2-3,7,10-11H,4-6H2,1H3;2-3,8H,1H3. The third kappa shape index (κ3) is 30.9. The normalized spacial score (nSPS) is 19.3. The molecule has 4 aliphatic carbocycles. The number of aromatic carboxylic acids is 1. The van der Waals surface area contributed by atoms with Crippen LogP contribution < -0.4 is 19.6 Å². The lowest BCUT2D eigenvalue weighted by molar-refractivity contribution is 0.0534. The third-order valence-corrected chi connectivity index (χ3v) is 34.4. The van der Waals surface area contributed by atoms with Crippen molar-refractivity contribution in [3.63, 3.8) is 0 Å². The maximum Gasteiger partial charge on any atom is 0.354 e. The van der Waals surface area contributed by atoms with E-state index in [1.165, 1.54) is 59.7 Å². The van der Waals surface area contributed by atoms with E-state index in [1.54, 1.807) is 50.4 Å². The van der Waals surface area contributed by atoms with Gasteiger partial charge >= 0.3 is 29.8 Å². The van der Waals surface area contributed by atoms with Crippen LogP contribution in [0, 0.1) is 82.2 Å². The lowest BCUT2D eigenvalue weighted by atomic mass is 10.0. The van der Waals surface area contributed by atoms with E-state index >= 15 is 0 Å². The molecule has 13 heterocycles. The molecule has 0 radical (unpaired) electrons. The van der Waals surface area contributed by atoms with Gasteiger partial charge in [0.05, 0.1) is 34.1 Å². The molecular formula is C101H143I2N13O16Si4. The summed E-state index contributed by atoms with van der Waals surface area (Å²) in [5.74, 6) is 8.88. The fourth-order valence-corrected chi connectivity index (χ4v) is 21.5. The number of carbonyl (C=O) groups excluding carboxylic acids is 5. The number of H-pyrrole nitrogens is 1. The van der Waals surface area contributed by atoms with Crippen LogP contribution in [-0.4, -0.2) is 229 Å². The van der Waals surface area contributed by atoms with Crippen LogP contribution in [0.1, 0.15) is 151 Å². The Morgan fingerprint density at radius 2 is 0.750 bits per heavy atom. The number of ether oxygens (including phenoxy) is 8. The number of anilines is 4. The summed E-state index contributed by atoms with van der Waals surface area (Å²) < 4.78 is 51.3. The first kappa shape index (κ1) is 106. The van der Waals surface area contributed by atoms with Crippen molar-refractivity contribution < 1.29 is 76.9 Å². The summed E-state index contributed by atoms with van der Waals surface area (Å²) in [6, 6.07) is 29.6. The van der Waals surface area contributed by atoms with Crippen LogP contribution in [0.5, 0.6) is 0 Å². The van der Waals surface area contributed by atoms with Gasteiger partial charge in [-0.25, -0.2) is 43.9 Å². The van der Waals surface area contributed by atoms with Crippen LogP contribution in [0.15, 0.2) is 110 Å². The van der Waals surface area contributed by atoms with E-state index in [9.17, 15) is 39.0 Å². The van der Waals surface area contributed by atoms with Gasteiger partial charge in [-0.2, -0.15) is 0 Å². The highest BCUT2D eigenvalue weighted by Gasteiger charge is 2.48. The predicted octanol–water partition coefficient (Wildman–Crippen LogP) is 18.7. The number of pyridine rings is 4. The molecule has 8 aliphatic rings. The second-order valence-corrected chi connectivity index (χ2v) is 67.5. The van der Waals surface area contributed by atoms with Crippen molar-refractivity contribution in [2.75, 3.05) is 127 Å². The number of aryl methyl sites for hydroxylation is 4. The van der Waals surface area contributed by atoms with Crippen LogP contribution in [0.25, 0.3) is 0 Å². The van der Waals surface area contributed by atoms with E-state index in [0.29, 0.717) is 73.6 Å². The SMILES string of the molecule is COC(=O)c1cc(C(O)c2ccc(N3CC4CC4C3)nc2C)cn1COCC[Si](C)(C)C.COC(=O)c1cc(Cc2ccc(N3CC4CC4C3)nc2C)cn1COCC[Si](C)(C)C.COC(=O)c1cc(I)c[nH]1.COC(=O)c1cc(I)cn1COCC[Si](C)(C)C.Cc1nc(N2CC3CC3C2)ccc1C=O.Cc1nc(N2CC3CC3C2)ccc1Cc1cc(C(=O)O)n(COCC[Si](C)(C)C)c1. The van der Waals surface area contributed by atoms with Gasteiger partial charge in [-0.15, -0.1) is 0 Å². The zero-order valence-corrected chi connectivity index (χ0v) is 91.6. The number of aliphatic hydroxyl groups excluding tert-OH is 1. The van der Waals surface area contributed by atoms with Gasteiger partial charge < -0.3 is 91.0 Å². The van der Waals surface area contributed by atoms with Crippen LogP contribution >= 0.6 is 45.2 Å². The van der Waals surface area contributed by atoms with E-state index in [2.05, 4.69) is 189 Å². The highest BCUT2D eigenvalue weighted by molar-refractivity contribution is 14.1. The Hall–Kier alpha value is -8.65. The zero-order valence-electron chi connectivity index (χ0n) is 83.3. The molecule has 738 valence electrons. The van der Waals surface area contributed by atoms with Crippen LogP contribution in [0.4, 0.5) is 23.3 Å². The number of rotatable bonds is 36. The smallest absolute Gasteiger partial charge is 0.354 e. The summed E-state index contributed by atoms with van der Waals surface area (Å²) in [5, 5.41) is 20.7. The number of aldehydes is 1. The van der Waals surface area contributed by atoms with Crippen molar-refractivity contribution in [3.8, 4) is 0 Å². The number of piperidine rings is 4. The Morgan fingerprint density at radius 3 is 1.09 bits per heavy atom. The Bertz CT molecular complexity index is 5570. The van der Waals surface area contributed by atoms with Gasteiger partial charge in [0.1, 0.15) is 84.8 Å². The van der Waals surface area contributed by atoms with Gasteiger partial charge in [0.15, 0.2) is 6.29 Å². The van der Waals surface area contributed by atoms with E-state index in [4.69, 9.17) is 48.1 Å². The molecule has 8 fully saturated rings. The summed E-state index contributed by atoms with van der Waals surface area (Å²) in [6.45, 7) is 48.8. The fraction of sp³-hybridized carbons (Fsp3) is 0.545. The molecule has 0 aromatic carbocycles. The molecule has 9 aromatic rings. The zero-order chi connectivity index (χ0) is 98.4. The van der Waals surface area contributed by atoms with Crippen LogP contribution in [-0.2, 0) is 77.7 Å². The summed E-state index contributed by atoms with van der Waals surface area (Å²) in [4.78, 5) is 100.